The molecule has 2 nitrogen and oxygen atoms in total. The van der Waals surface area contributed by atoms with E-state index in [1.807, 2.05) is 0 Å². The van der Waals surface area contributed by atoms with Crippen molar-refractivity contribution in [2.24, 2.45) is 11.7 Å². The van der Waals surface area contributed by atoms with Gasteiger partial charge in [0.15, 0.2) is 0 Å². The zero-order chi connectivity index (χ0) is 13.9. The van der Waals surface area contributed by atoms with E-state index < -0.39 is 0 Å². The molecule has 2 N–H and O–H groups in total. The van der Waals surface area contributed by atoms with Crippen LogP contribution >= 0.6 is 15.9 Å². The molecule has 1 aliphatic heterocycles. The quantitative estimate of drug-likeness (QED) is 0.860. The highest BCUT2D eigenvalue weighted by molar-refractivity contribution is 9.10. The van der Waals surface area contributed by atoms with Crippen LogP contribution in [0.2, 0.25) is 0 Å². The van der Waals surface area contributed by atoms with E-state index in [0.717, 1.165) is 35.6 Å². The van der Waals surface area contributed by atoms with Crippen LogP contribution in [0.3, 0.4) is 0 Å². The molecule has 1 heterocycles. The smallest absolute Gasteiger partial charge is 0.127 e. The van der Waals surface area contributed by atoms with Crippen molar-refractivity contribution in [1.29, 1.82) is 0 Å². The highest BCUT2D eigenvalue weighted by Crippen LogP contribution is 2.38. The minimum Gasteiger partial charge on any atom is -0.493 e. The molecule has 2 aliphatic rings. The monoisotopic (exact) mass is 337 g/mol. The fraction of sp³-hybridized carbons (Fsp3) is 0.647. The summed E-state index contributed by atoms with van der Waals surface area (Å²) in [5.74, 6) is 1.96. The van der Waals surface area contributed by atoms with Crippen LogP contribution in [0.1, 0.15) is 62.1 Å². The van der Waals surface area contributed by atoms with Crippen molar-refractivity contribution < 1.29 is 4.74 Å². The van der Waals surface area contributed by atoms with Crippen molar-refractivity contribution in [3.8, 4) is 5.75 Å². The molecule has 1 unspecified atom stereocenters. The third kappa shape index (κ3) is 3.20. The van der Waals surface area contributed by atoms with Gasteiger partial charge >= 0.3 is 0 Å². The van der Waals surface area contributed by atoms with Gasteiger partial charge in [-0.2, -0.15) is 0 Å². The number of rotatable bonds is 4. The predicted molar refractivity (Wildman–Crippen MR) is 86.1 cm³/mol. The summed E-state index contributed by atoms with van der Waals surface area (Å²) in [5, 5.41) is 0. The zero-order valence-corrected chi connectivity index (χ0v) is 13.6. The lowest BCUT2D eigenvalue weighted by atomic mass is 9.84. The number of benzene rings is 1. The lowest BCUT2D eigenvalue weighted by molar-refractivity contribution is 0.319. The Morgan fingerprint density at radius 3 is 2.85 bits per heavy atom. The van der Waals surface area contributed by atoms with Gasteiger partial charge in [-0.3, -0.25) is 0 Å². The van der Waals surface area contributed by atoms with Crippen LogP contribution in [0.4, 0.5) is 0 Å². The minimum absolute atomic E-state index is 0.112. The largest absolute Gasteiger partial charge is 0.493 e. The van der Waals surface area contributed by atoms with Gasteiger partial charge in [0.1, 0.15) is 5.75 Å². The Morgan fingerprint density at radius 2 is 2.05 bits per heavy atom. The third-order valence-corrected chi connectivity index (χ3v) is 5.25. The maximum atomic E-state index is 6.45. The van der Waals surface area contributed by atoms with Gasteiger partial charge in [0.05, 0.1) is 6.61 Å². The molecule has 0 saturated heterocycles. The molecule has 0 aromatic heterocycles. The molecule has 1 aromatic carbocycles. The van der Waals surface area contributed by atoms with Gasteiger partial charge < -0.3 is 10.5 Å². The standard InChI is InChI=1S/C17H24BrNO/c18-14-10-13-8-9-20-17(13)15(11-14)16(19)7-6-12-4-2-1-3-5-12/h10-12,16H,1-9,19H2. The molecular formula is C17H24BrNO. The number of fused-ring (bicyclic) bond motifs is 1. The summed E-state index contributed by atoms with van der Waals surface area (Å²) < 4.78 is 6.93. The van der Waals surface area contributed by atoms with Gasteiger partial charge in [0.25, 0.3) is 0 Å². The van der Waals surface area contributed by atoms with Crippen LogP contribution in [0, 0.1) is 5.92 Å². The lowest BCUT2D eigenvalue weighted by Crippen LogP contribution is -2.15. The highest BCUT2D eigenvalue weighted by Gasteiger charge is 2.22. The van der Waals surface area contributed by atoms with Crippen LogP contribution in [0.15, 0.2) is 16.6 Å². The molecule has 1 atom stereocenters. The molecule has 1 aromatic rings. The number of hydrogen-bond donors (Lipinski definition) is 1. The minimum atomic E-state index is 0.112. The van der Waals surface area contributed by atoms with Crippen molar-refractivity contribution in [2.75, 3.05) is 6.61 Å². The van der Waals surface area contributed by atoms with Gasteiger partial charge in [0.2, 0.25) is 0 Å². The number of halogens is 1. The molecule has 1 aliphatic carbocycles. The maximum Gasteiger partial charge on any atom is 0.127 e. The fourth-order valence-electron chi connectivity index (χ4n) is 3.62. The average molecular weight is 338 g/mol. The topological polar surface area (TPSA) is 35.2 Å². The Hall–Kier alpha value is -0.540. The van der Waals surface area contributed by atoms with Gasteiger partial charge in [0, 0.05) is 22.5 Å². The highest BCUT2D eigenvalue weighted by atomic mass is 79.9. The summed E-state index contributed by atoms with van der Waals surface area (Å²) in [7, 11) is 0. The van der Waals surface area contributed by atoms with E-state index in [-0.39, 0.29) is 6.04 Å². The second-order valence-electron chi connectivity index (χ2n) is 6.27. The van der Waals surface area contributed by atoms with E-state index in [1.165, 1.54) is 49.7 Å². The molecule has 1 fully saturated rings. The van der Waals surface area contributed by atoms with Crippen molar-refractivity contribution in [3.63, 3.8) is 0 Å². The normalized spacial score (nSPS) is 20.5. The van der Waals surface area contributed by atoms with Crippen LogP contribution in [-0.4, -0.2) is 6.61 Å². The Morgan fingerprint density at radius 1 is 1.25 bits per heavy atom. The Kier molecular flexibility index (Phi) is 4.67. The van der Waals surface area contributed by atoms with Crippen molar-refractivity contribution in [3.05, 3.63) is 27.7 Å². The van der Waals surface area contributed by atoms with E-state index in [2.05, 4.69) is 28.1 Å². The number of hydrogen-bond acceptors (Lipinski definition) is 2. The van der Waals surface area contributed by atoms with Gasteiger partial charge in [-0.05, 0) is 36.5 Å². The van der Waals surface area contributed by atoms with Gasteiger partial charge in [-0.25, -0.2) is 0 Å². The first-order valence-corrected chi connectivity index (χ1v) is 8.74. The summed E-state index contributed by atoms with van der Waals surface area (Å²) in [6, 6.07) is 4.43. The number of nitrogens with two attached hydrogens (primary N) is 1. The molecule has 3 heteroatoms. The average Bonchev–Trinajstić information content (AvgIpc) is 2.93. The molecule has 3 rings (SSSR count). The molecule has 110 valence electrons. The Labute approximate surface area is 130 Å². The molecule has 20 heavy (non-hydrogen) atoms. The van der Waals surface area contributed by atoms with Crippen LogP contribution < -0.4 is 10.5 Å². The summed E-state index contributed by atoms with van der Waals surface area (Å²) in [6.45, 7) is 0.800. The first-order chi connectivity index (χ1) is 9.74. The summed E-state index contributed by atoms with van der Waals surface area (Å²) in [5.41, 5.74) is 8.96. The first-order valence-electron chi connectivity index (χ1n) is 7.95. The van der Waals surface area contributed by atoms with Crippen molar-refractivity contribution in [1.82, 2.24) is 0 Å². The first kappa shape index (κ1) is 14.4. The molecular weight excluding hydrogens is 314 g/mol. The van der Waals surface area contributed by atoms with Crippen molar-refractivity contribution in [2.45, 2.75) is 57.4 Å². The number of ether oxygens (including phenoxy) is 1. The molecule has 1 saturated carbocycles. The Balaban J connectivity index is 1.66. The maximum absolute atomic E-state index is 6.45. The third-order valence-electron chi connectivity index (χ3n) is 4.79. The second kappa shape index (κ2) is 6.48. The summed E-state index contributed by atoms with van der Waals surface area (Å²) in [6.07, 6.45) is 10.4. The molecule has 0 bridgehead atoms. The Bertz CT molecular complexity index is 468. The van der Waals surface area contributed by atoms with Gasteiger partial charge in [-0.1, -0.05) is 48.0 Å². The van der Waals surface area contributed by atoms with E-state index in [0.29, 0.717) is 0 Å². The fourth-order valence-corrected chi connectivity index (χ4v) is 4.14. The molecule has 0 spiro atoms. The summed E-state index contributed by atoms with van der Waals surface area (Å²) >= 11 is 3.60. The molecule has 0 radical (unpaired) electrons. The van der Waals surface area contributed by atoms with Gasteiger partial charge in [-0.15, -0.1) is 0 Å². The van der Waals surface area contributed by atoms with Crippen LogP contribution in [0.25, 0.3) is 0 Å². The van der Waals surface area contributed by atoms with E-state index in [1.54, 1.807) is 0 Å². The SMILES string of the molecule is NC(CCC1CCCCC1)c1cc(Br)cc2c1OCC2. The second-order valence-corrected chi connectivity index (χ2v) is 7.19. The molecule has 0 amide bonds. The van der Waals surface area contributed by atoms with Crippen LogP contribution in [0.5, 0.6) is 5.75 Å². The predicted octanol–water partition coefficient (Wildman–Crippen LogP) is 4.74. The zero-order valence-electron chi connectivity index (χ0n) is 12.0. The van der Waals surface area contributed by atoms with E-state index >= 15 is 0 Å². The van der Waals surface area contributed by atoms with Crippen molar-refractivity contribution >= 4 is 15.9 Å². The lowest BCUT2D eigenvalue weighted by Gasteiger charge is -2.23. The van der Waals surface area contributed by atoms with Crippen LogP contribution in [-0.2, 0) is 6.42 Å². The summed E-state index contributed by atoms with van der Waals surface area (Å²) in [4.78, 5) is 0. The van der Waals surface area contributed by atoms with E-state index in [9.17, 15) is 0 Å². The van der Waals surface area contributed by atoms with E-state index in [4.69, 9.17) is 10.5 Å².